The van der Waals surface area contributed by atoms with Crippen LogP contribution in [0.5, 0.6) is 0 Å². The summed E-state index contributed by atoms with van der Waals surface area (Å²) in [5, 5.41) is -0.0467. The first kappa shape index (κ1) is 14.0. The standard InChI is InChI=1S/C11H8ClN5O2S2/c12-6-3-4-8-10(16-20-15-8)9(6)17-21(18,19)11-7(13)2-1-5-14-11/h1-5,17H,13H2. The molecular formula is C11H8ClN5O2S2. The number of fused-ring (bicyclic) bond motifs is 1. The second kappa shape index (κ2) is 5.10. The van der Waals surface area contributed by atoms with Crippen LogP contribution in [0.3, 0.4) is 0 Å². The Morgan fingerprint density at radius 2 is 2.05 bits per heavy atom. The lowest BCUT2D eigenvalue weighted by Crippen LogP contribution is -2.16. The Bertz CT molecular complexity index is 925. The molecule has 0 fully saturated rings. The predicted molar refractivity (Wildman–Crippen MR) is 81.9 cm³/mol. The summed E-state index contributed by atoms with van der Waals surface area (Å²) in [4.78, 5) is 3.79. The Kier molecular flexibility index (Phi) is 3.40. The van der Waals surface area contributed by atoms with Gasteiger partial charge in [0.25, 0.3) is 10.0 Å². The summed E-state index contributed by atoms with van der Waals surface area (Å²) in [6.45, 7) is 0. The molecule has 2 aromatic heterocycles. The van der Waals surface area contributed by atoms with Crippen LogP contribution in [0.4, 0.5) is 11.4 Å². The Morgan fingerprint density at radius 3 is 2.81 bits per heavy atom. The third-order valence-corrected chi connectivity index (χ3v) is 4.85. The van der Waals surface area contributed by atoms with Crippen molar-refractivity contribution in [3.63, 3.8) is 0 Å². The van der Waals surface area contributed by atoms with Gasteiger partial charge in [-0.05, 0) is 24.3 Å². The van der Waals surface area contributed by atoms with Gasteiger partial charge in [0.1, 0.15) is 11.0 Å². The molecule has 0 unspecified atom stereocenters. The molecule has 108 valence electrons. The van der Waals surface area contributed by atoms with E-state index in [1.165, 1.54) is 12.3 Å². The lowest BCUT2D eigenvalue weighted by Gasteiger charge is -2.10. The van der Waals surface area contributed by atoms with Crippen LogP contribution in [0.25, 0.3) is 11.0 Å². The summed E-state index contributed by atoms with van der Waals surface area (Å²) in [6.07, 6.45) is 1.34. The normalized spacial score (nSPS) is 11.7. The first-order valence-corrected chi connectivity index (χ1v) is 8.22. The van der Waals surface area contributed by atoms with Crippen molar-refractivity contribution in [3.05, 3.63) is 35.5 Å². The maximum atomic E-state index is 12.4. The number of nitrogens with one attached hydrogen (secondary N) is 1. The molecule has 3 N–H and O–H groups in total. The maximum Gasteiger partial charge on any atom is 0.281 e. The van der Waals surface area contributed by atoms with Gasteiger partial charge in [-0.3, -0.25) is 4.72 Å². The fourth-order valence-corrected chi connectivity index (χ4v) is 3.68. The van der Waals surface area contributed by atoms with Crippen LogP contribution in [0, 0.1) is 0 Å². The number of rotatable bonds is 3. The van der Waals surface area contributed by atoms with Crippen LogP contribution >= 0.6 is 23.3 Å². The zero-order chi connectivity index (χ0) is 15.0. The highest BCUT2D eigenvalue weighted by Gasteiger charge is 2.22. The van der Waals surface area contributed by atoms with Gasteiger partial charge in [-0.1, -0.05) is 11.6 Å². The maximum absolute atomic E-state index is 12.4. The lowest BCUT2D eigenvalue weighted by atomic mass is 10.3. The van der Waals surface area contributed by atoms with Gasteiger partial charge in [0.15, 0.2) is 5.03 Å². The van der Waals surface area contributed by atoms with Crippen molar-refractivity contribution < 1.29 is 8.42 Å². The first-order chi connectivity index (χ1) is 9.99. The minimum Gasteiger partial charge on any atom is -0.396 e. The third-order valence-electron chi connectivity index (χ3n) is 2.67. The van der Waals surface area contributed by atoms with Crippen LogP contribution in [0.15, 0.2) is 35.5 Å². The van der Waals surface area contributed by atoms with E-state index in [2.05, 4.69) is 18.5 Å². The summed E-state index contributed by atoms with van der Waals surface area (Å²) in [5.74, 6) is 0. The highest BCUT2D eigenvalue weighted by atomic mass is 35.5. The van der Waals surface area contributed by atoms with E-state index in [-0.39, 0.29) is 21.4 Å². The van der Waals surface area contributed by atoms with Crippen LogP contribution < -0.4 is 10.5 Å². The van der Waals surface area contributed by atoms with E-state index in [1.54, 1.807) is 18.2 Å². The molecular weight excluding hydrogens is 334 g/mol. The number of aromatic nitrogens is 3. The zero-order valence-electron chi connectivity index (χ0n) is 10.3. The molecule has 0 spiro atoms. The van der Waals surface area contributed by atoms with E-state index >= 15 is 0 Å². The molecule has 2 heterocycles. The SMILES string of the molecule is Nc1cccnc1S(=O)(=O)Nc1c(Cl)ccc2nsnc12. The van der Waals surface area contributed by atoms with Crippen LogP contribution in [0.1, 0.15) is 0 Å². The van der Waals surface area contributed by atoms with Crippen molar-refractivity contribution in [3.8, 4) is 0 Å². The van der Waals surface area contributed by atoms with E-state index in [0.717, 1.165) is 11.7 Å². The molecule has 0 aliphatic rings. The molecule has 21 heavy (non-hydrogen) atoms. The van der Waals surface area contributed by atoms with E-state index in [1.807, 2.05) is 0 Å². The van der Waals surface area contributed by atoms with E-state index in [4.69, 9.17) is 17.3 Å². The third kappa shape index (κ3) is 2.50. The molecule has 0 atom stereocenters. The average Bonchev–Trinajstić information content (AvgIpc) is 2.91. The summed E-state index contributed by atoms with van der Waals surface area (Å²) in [6, 6.07) is 6.21. The molecule has 7 nitrogen and oxygen atoms in total. The van der Waals surface area contributed by atoms with Gasteiger partial charge >= 0.3 is 0 Å². The molecule has 1 aromatic carbocycles. The van der Waals surface area contributed by atoms with Gasteiger partial charge in [0, 0.05) is 6.20 Å². The number of hydrogen-bond donors (Lipinski definition) is 2. The molecule has 0 saturated carbocycles. The molecule has 0 radical (unpaired) electrons. The van der Waals surface area contributed by atoms with Crippen molar-refractivity contribution in [2.24, 2.45) is 0 Å². The number of pyridine rings is 1. The predicted octanol–water partition coefficient (Wildman–Crippen LogP) is 2.12. The Balaban J connectivity index is 2.12. The fraction of sp³-hybridized carbons (Fsp3) is 0. The second-order valence-electron chi connectivity index (χ2n) is 4.06. The topological polar surface area (TPSA) is 111 Å². The van der Waals surface area contributed by atoms with Crippen molar-refractivity contribution >= 4 is 55.8 Å². The molecule has 0 aliphatic carbocycles. The summed E-state index contributed by atoms with van der Waals surface area (Å²) < 4.78 is 35.2. The summed E-state index contributed by atoms with van der Waals surface area (Å²) in [7, 11) is -3.97. The number of halogens is 1. The number of benzene rings is 1. The van der Waals surface area contributed by atoms with Crippen LogP contribution in [-0.4, -0.2) is 22.1 Å². The number of hydrogen-bond acceptors (Lipinski definition) is 7. The van der Waals surface area contributed by atoms with Crippen molar-refractivity contribution in [1.82, 2.24) is 13.7 Å². The molecule has 0 aliphatic heterocycles. The van der Waals surface area contributed by atoms with Gasteiger partial charge < -0.3 is 5.73 Å². The van der Waals surface area contributed by atoms with Gasteiger partial charge in [-0.25, -0.2) is 4.98 Å². The van der Waals surface area contributed by atoms with Gasteiger partial charge in [-0.15, -0.1) is 0 Å². The van der Waals surface area contributed by atoms with E-state index < -0.39 is 10.0 Å². The van der Waals surface area contributed by atoms with Crippen LogP contribution in [0.2, 0.25) is 5.02 Å². The highest BCUT2D eigenvalue weighted by Crippen LogP contribution is 2.32. The van der Waals surface area contributed by atoms with Gasteiger partial charge in [0.05, 0.1) is 28.1 Å². The zero-order valence-corrected chi connectivity index (χ0v) is 12.7. The molecule has 0 saturated heterocycles. The Labute approximate surface area is 129 Å². The largest absolute Gasteiger partial charge is 0.396 e. The number of nitrogens with zero attached hydrogens (tertiary/aromatic N) is 3. The number of nitrogen functional groups attached to an aromatic ring is 1. The molecule has 10 heteroatoms. The molecule has 0 amide bonds. The fourth-order valence-electron chi connectivity index (χ4n) is 1.73. The van der Waals surface area contributed by atoms with Crippen molar-refractivity contribution in [2.75, 3.05) is 10.5 Å². The van der Waals surface area contributed by atoms with Gasteiger partial charge in [-0.2, -0.15) is 17.2 Å². The van der Waals surface area contributed by atoms with Gasteiger partial charge in [0.2, 0.25) is 0 Å². The number of nitrogens with two attached hydrogens (primary N) is 1. The van der Waals surface area contributed by atoms with E-state index in [0.29, 0.717) is 11.0 Å². The monoisotopic (exact) mass is 341 g/mol. The Morgan fingerprint density at radius 1 is 1.24 bits per heavy atom. The first-order valence-electron chi connectivity index (χ1n) is 5.63. The van der Waals surface area contributed by atoms with Crippen molar-refractivity contribution in [1.29, 1.82) is 0 Å². The molecule has 3 aromatic rings. The van der Waals surface area contributed by atoms with Crippen LogP contribution in [-0.2, 0) is 10.0 Å². The molecule has 3 rings (SSSR count). The minimum atomic E-state index is -3.97. The van der Waals surface area contributed by atoms with E-state index in [9.17, 15) is 8.42 Å². The summed E-state index contributed by atoms with van der Waals surface area (Å²) >= 11 is 7.02. The number of anilines is 2. The highest BCUT2D eigenvalue weighted by molar-refractivity contribution is 7.92. The minimum absolute atomic E-state index is 0.0460. The van der Waals surface area contributed by atoms with Crippen molar-refractivity contribution in [2.45, 2.75) is 5.03 Å². The lowest BCUT2D eigenvalue weighted by molar-refractivity contribution is 0.598. The smallest absolute Gasteiger partial charge is 0.281 e. The summed E-state index contributed by atoms with van der Waals surface area (Å²) in [5.41, 5.74) is 6.79. The average molecular weight is 342 g/mol. The quantitative estimate of drug-likeness (QED) is 0.754. The number of sulfonamides is 1. The second-order valence-corrected chi connectivity index (χ2v) is 6.59. The molecule has 0 bridgehead atoms. The Hall–Kier alpha value is -1.97.